The molecule has 0 radical (unpaired) electrons. The van der Waals surface area contributed by atoms with Crippen LogP contribution in [0.2, 0.25) is 0 Å². The first-order chi connectivity index (χ1) is 6.56. The summed E-state index contributed by atoms with van der Waals surface area (Å²) in [6.07, 6.45) is 0. The number of hydrogen-bond acceptors (Lipinski definition) is 4. The number of aryl methyl sites for hydroxylation is 1. The number of hydrogen-bond donors (Lipinski definition) is 0. The Kier molecular flexibility index (Phi) is 2.98. The highest BCUT2D eigenvalue weighted by molar-refractivity contribution is 5.91. The summed E-state index contributed by atoms with van der Waals surface area (Å²) in [6.45, 7) is 0. The van der Waals surface area contributed by atoms with Crippen LogP contribution in [0.5, 0.6) is 0 Å². The van der Waals surface area contributed by atoms with Gasteiger partial charge in [-0.05, 0) is 6.07 Å². The Labute approximate surface area is 80.7 Å². The smallest absolute Gasteiger partial charge is 0.274 e. The predicted octanol–water partition coefficient (Wildman–Crippen LogP) is -0.586. The molecule has 1 heterocycles. The van der Waals surface area contributed by atoms with Crippen molar-refractivity contribution in [1.29, 1.82) is 0 Å². The van der Waals surface area contributed by atoms with Gasteiger partial charge in [0, 0.05) is 20.2 Å². The zero-order chi connectivity index (χ0) is 10.7. The molecule has 0 aliphatic rings. The normalized spacial score (nSPS) is 9.93. The number of hydroxylamine groups is 2. The van der Waals surface area contributed by atoms with Crippen molar-refractivity contribution in [2.24, 2.45) is 7.05 Å². The van der Waals surface area contributed by atoms with Crippen LogP contribution in [0.15, 0.2) is 16.9 Å². The van der Waals surface area contributed by atoms with E-state index in [9.17, 15) is 9.59 Å². The molecule has 0 aliphatic heterocycles. The van der Waals surface area contributed by atoms with Crippen molar-refractivity contribution >= 4 is 5.91 Å². The van der Waals surface area contributed by atoms with Gasteiger partial charge in [0.05, 0.1) is 7.11 Å². The average molecular weight is 197 g/mol. The molecule has 14 heavy (non-hydrogen) atoms. The van der Waals surface area contributed by atoms with Crippen molar-refractivity contribution < 1.29 is 9.63 Å². The lowest BCUT2D eigenvalue weighted by Crippen LogP contribution is -2.29. The Morgan fingerprint density at radius 3 is 2.71 bits per heavy atom. The molecule has 1 aromatic heterocycles. The van der Waals surface area contributed by atoms with Gasteiger partial charge in [0.25, 0.3) is 11.5 Å². The third-order valence-electron chi connectivity index (χ3n) is 1.74. The maximum Gasteiger partial charge on any atom is 0.297 e. The molecule has 0 bridgehead atoms. The van der Waals surface area contributed by atoms with Crippen LogP contribution in [0, 0.1) is 0 Å². The molecular weight excluding hydrogens is 186 g/mol. The lowest BCUT2D eigenvalue weighted by molar-refractivity contribution is -0.0761. The van der Waals surface area contributed by atoms with Gasteiger partial charge >= 0.3 is 0 Å². The molecule has 0 aromatic carbocycles. The second-order valence-corrected chi connectivity index (χ2v) is 2.67. The van der Waals surface area contributed by atoms with Gasteiger partial charge in [-0.1, -0.05) is 0 Å². The first-order valence-electron chi connectivity index (χ1n) is 3.93. The molecule has 1 aromatic rings. The molecule has 0 aliphatic carbocycles. The fourth-order valence-corrected chi connectivity index (χ4v) is 0.861. The van der Waals surface area contributed by atoms with Crippen LogP contribution in [0.4, 0.5) is 0 Å². The van der Waals surface area contributed by atoms with E-state index in [1.807, 2.05) is 0 Å². The van der Waals surface area contributed by atoms with E-state index < -0.39 is 5.91 Å². The van der Waals surface area contributed by atoms with Crippen LogP contribution >= 0.6 is 0 Å². The van der Waals surface area contributed by atoms with E-state index in [1.54, 1.807) is 0 Å². The number of carbonyl (C=O) groups excluding carboxylic acids is 1. The highest BCUT2D eigenvalue weighted by atomic mass is 16.7. The maximum atomic E-state index is 11.5. The van der Waals surface area contributed by atoms with E-state index in [0.717, 1.165) is 9.75 Å². The number of carbonyl (C=O) groups is 1. The van der Waals surface area contributed by atoms with Crippen molar-refractivity contribution in [2.45, 2.75) is 0 Å². The van der Waals surface area contributed by atoms with E-state index in [4.69, 9.17) is 4.84 Å². The lowest BCUT2D eigenvalue weighted by Gasteiger charge is -2.12. The minimum Gasteiger partial charge on any atom is -0.274 e. The van der Waals surface area contributed by atoms with E-state index in [0.29, 0.717) is 0 Å². The van der Waals surface area contributed by atoms with E-state index in [2.05, 4.69) is 5.10 Å². The van der Waals surface area contributed by atoms with E-state index in [1.165, 1.54) is 33.3 Å². The Morgan fingerprint density at radius 1 is 1.57 bits per heavy atom. The zero-order valence-corrected chi connectivity index (χ0v) is 8.22. The van der Waals surface area contributed by atoms with Crippen molar-refractivity contribution in [3.05, 3.63) is 28.2 Å². The standard InChI is InChI=1S/C8H11N3O3/c1-10-7(12)5-4-6(9-10)8(13)11(2)14-3/h4-5H,1-3H3. The third kappa shape index (κ3) is 1.97. The molecular formula is C8H11N3O3. The van der Waals surface area contributed by atoms with Crippen LogP contribution in [0.25, 0.3) is 0 Å². The molecule has 0 N–H and O–H groups in total. The number of rotatable bonds is 2. The quantitative estimate of drug-likeness (QED) is 0.595. The average Bonchev–Trinajstić information content (AvgIpc) is 2.20. The molecule has 0 atom stereocenters. The Morgan fingerprint density at radius 2 is 2.21 bits per heavy atom. The van der Waals surface area contributed by atoms with Crippen LogP contribution in [-0.2, 0) is 11.9 Å². The van der Waals surface area contributed by atoms with Crippen molar-refractivity contribution in [1.82, 2.24) is 14.8 Å². The monoisotopic (exact) mass is 197 g/mol. The molecule has 0 spiro atoms. The summed E-state index contributed by atoms with van der Waals surface area (Å²) in [5.41, 5.74) is -0.0990. The summed E-state index contributed by atoms with van der Waals surface area (Å²) in [7, 11) is 4.32. The summed E-state index contributed by atoms with van der Waals surface area (Å²) >= 11 is 0. The Balaban J connectivity index is 3.03. The van der Waals surface area contributed by atoms with Crippen molar-refractivity contribution in [3.8, 4) is 0 Å². The molecule has 0 fully saturated rings. The molecule has 76 valence electrons. The van der Waals surface area contributed by atoms with E-state index in [-0.39, 0.29) is 11.3 Å². The largest absolute Gasteiger partial charge is 0.297 e. The van der Waals surface area contributed by atoms with E-state index >= 15 is 0 Å². The predicted molar refractivity (Wildman–Crippen MR) is 48.6 cm³/mol. The van der Waals surface area contributed by atoms with Crippen LogP contribution in [0.3, 0.4) is 0 Å². The number of aromatic nitrogens is 2. The van der Waals surface area contributed by atoms with Gasteiger partial charge in [0.15, 0.2) is 5.69 Å². The topological polar surface area (TPSA) is 64.4 Å². The van der Waals surface area contributed by atoms with Crippen LogP contribution in [0.1, 0.15) is 10.5 Å². The highest BCUT2D eigenvalue weighted by Gasteiger charge is 2.13. The van der Waals surface area contributed by atoms with Crippen LogP contribution in [-0.4, -0.2) is 34.9 Å². The van der Waals surface area contributed by atoms with Gasteiger partial charge < -0.3 is 0 Å². The second-order valence-electron chi connectivity index (χ2n) is 2.67. The molecule has 0 saturated carbocycles. The molecule has 0 saturated heterocycles. The zero-order valence-electron chi connectivity index (χ0n) is 8.22. The SMILES string of the molecule is CON(C)C(=O)c1ccc(=O)n(C)n1. The number of nitrogens with zero attached hydrogens (tertiary/aromatic N) is 3. The first kappa shape index (κ1) is 10.4. The van der Waals surface area contributed by atoms with Crippen molar-refractivity contribution in [3.63, 3.8) is 0 Å². The Bertz CT molecular complexity index is 399. The summed E-state index contributed by atoms with van der Waals surface area (Å²) in [5, 5.41) is 4.81. The summed E-state index contributed by atoms with van der Waals surface area (Å²) < 4.78 is 1.09. The summed E-state index contributed by atoms with van der Waals surface area (Å²) in [6, 6.07) is 2.64. The van der Waals surface area contributed by atoms with Gasteiger partial charge in [-0.3, -0.25) is 14.4 Å². The summed E-state index contributed by atoms with van der Waals surface area (Å²) in [4.78, 5) is 27.1. The maximum absolute atomic E-state index is 11.5. The van der Waals surface area contributed by atoms with Gasteiger partial charge in [-0.25, -0.2) is 9.75 Å². The highest BCUT2D eigenvalue weighted by Crippen LogP contribution is 1.96. The Hall–Kier alpha value is -1.69. The van der Waals surface area contributed by atoms with Crippen molar-refractivity contribution in [2.75, 3.05) is 14.2 Å². The summed E-state index contributed by atoms with van der Waals surface area (Å²) in [5.74, 6) is -0.400. The van der Waals surface area contributed by atoms with Gasteiger partial charge in [-0.2, -0.15) is 5.10 Å². The van der Waals surface area contributed by atoms with Gasteiger partial charge in [0.2, 0.25) is 0 Å². The fraction of sp³-hybridized carbons (Fsp3) is 0.375. The third-order valence-corrected chi connectivity index (χ3v) is 1.74. The second kappa shape index (κ2) is 4.01. The van der Waals surface area contributed by atoms with Crippen LogP contribution < -0.4 is 5.56 Å². The molecule has 0 unspecified atom stereocenters. The fourth-order valence-electron chi connectivity index (χ4n) is 0.861. The first-order valence-corrected chi connectivity index (χ1v) is 3.93. The molecule has 6 heteroatoms. The molecule has 1 amide bonds. The van der Waals surface area contributed by atoms with Gasteiger partial charge in [-0.15, -0.1) is 0 Å². The molecule has 6 nitrogen and oxygen atoms in total. The van der Waals surface area contributed by atoms with Gasteiger partial charge in [0.1, 0.15) is 0 Å². The minimum absolute atomic E-state index is 0.163. The lowest BCUT2D eigenvalue weighted by atomic mass is 10.4. The molecule has 1 rings (SSSR count). The number of amides is 1. The minimum atomic E-state index is -0.400.